The third-order valence-corrected chi connectivity index (χ3v) is 6.54. The van der Waals surface area contributed by atoms with Gasteiger partial charge in [-0.05, 0) is 45.4 Å². The van der Waals surface area contributed by atoms with Crippen LogP contribution in [0, 0.1) is 5.82 Å². The summed E-state index contributed by atoms with van der Waals surface area (Å²) in [6, 6.07) is 9.97. The quantitative estimate of drug-likeness (QED) is 0.427. The molecule has 1 aromatic carbocycles. The van der Waals surface area contributed by atoms with Crippen LogP contribution in [0.5, 0.6) is 0 Å². The Morgan fingerprint density at radius 2 is 1.97 bits per heavy atom. The monoisotopic (exact) mass is 487 g/mol. The van der Waals surface area contributed by atoms with Crippen molar-refractivity contribution in [1.29, 1.82) is 0 Å². The van der Waals surface area contributed by atoms with E-state index in [2.05, 4.69) is 30.7 Å². The minimum atomic E-state index is -0.982. The largest absolute Gasteiger partial charge is 0.348 e. The first kappa shape index (κ1) is 23.5. The lowest BCUT2D eigenvalue weighted by Gasteiger charge is -2.19. The maximum absolute atomic E-state index is 14.4. The van der Waals surface area contributed by atoms with Gasteiger partial charge in [-0.2, -0.15) is 5.10 Å². The summed E-state index contributed by atoms with van der Waals surface area (Å²) >= 11 is 0. The number of pyridine rings is 1. The lowest BCUT2D eigenvalue weighted by molar-refractivity contribution is -0.119. The number of rotatable bonds is 6. The summed E-state index contributed by atoms with van der Waals surface area (Å²) in [6.07, 6.45) is 2.37. The highest BCUT2D eigenvalue weighted by atomic mass is 19.1. The highest BCUT2D eigenvalue weighted by molar-refractivity contribution is 6.09. The van der Waals surface area contributed by atoms with Gasteiger partial charge < -0.3 is 10.6 Å². The zero-order valence-electron chi connectivity index (χ0n) is 20.5. The summed E-state index contributed by atoms with van der Waals surface area (Å²) in [7, 11) is 0. The van der Waals surface area contributed by atoms with Crippen LogP contribution in [0.4, 0.5) is 10.2 Å². The molecule has 2 N–H and O–H groups in total. The van der Waals surface area contributed by atoms with Gasteiger partial charge in [0, 0.05) is 23.4 Å². The normalized spacial score (nSPS) is 15.0. The first-order valence-corrected chi connectivity index (χ1v) is 11.8. The van der Waals surface area contributed by atoms with Crippen LogP contribution in [0.3, 0.4) is 0 Å². The fourth-order valence-electron chi connectivity index (χ4n) is 4.26. The third-order valence-electron chi connectivity index (χ3n) is 6.54. The SMILES string of the molecule is CC[C@H](C)NC(=O)c1nc(-c2nn(Cc3ccccc3F)c3ncccc23)nc2c1C(C)(C)C(=O)N2. The van der Waals surface area contributed by atoms with Crippen LogP contribution >= 0.6 is 0 Å². The van der Waals surface area contributed by atoms with Crippen LogP contribution in [0.2, 0.25) is 0 Å². The summed E-state index contributed by atoms with van der Waals surface area (Å²) in [6.45, 7) is 7.49. The van der Waals surface area contributed by atoms with Crippen LogP contribution in [-0.4, -0.2) is 42.6 Å². The minimum absolute atomic E-state index is 0.0789. The van der Waals surface area contributed by atoms with E-state index in [9.17, 15) is 14.0 Å². The van der Waals surface area contributed by atoms with Crippen molar-refractivity contribution in [2.45, 2.75) is 52.1 Å². The predicted octanol–water partition coefficient (Wildman–Crippen LogP) is 3.83. The number of nitrogens with zero attached hydrogens (tertiary/aromatic N) is 5. The van der Waals surface area contributed by atoms with E-state index in [-0.39, 0.29) is 47.6 Å². The number of fused-ring (bicyclic) bond motifs is 2. The van der Waals surface area contributed by atoms with E-state index >= 15 is 0 Å². The predicted molar refractivity (Wildman–Crippen MR) is 133 cm³/mol. The van der Waals surface area contributed by atoms with E-state index in [0.717, 1.165) is 6.42 Å². The maximum Gasteiger partial charge on any atom is 0.270 e. The first-order valence-electron chi connectivity index (χ1n) is 11.8. The van der Waals surface area contributed by atoms with Crippen molar-refractivity contribution in [1.82, 2.24) is 30.0 Å². The number of benzene rings is 1. The minimum Gasteiger partial charge on any atom is -0.348 e. The molecule has 0 saturated heterocycles. The Balaban J connectivity index is 1.68. The molecular weight excluding hydrogens is 461 g/mol. The van der Waals surface area contributed by atoms with Crippen molar-refractivity contribution < 1.29 is 14.0 Å². The Morgan fingerprint density at radius 1 is 1.19 bits per heavy atom. The molecule has 36 heavy (non-hydrogen) atoms. The number of carbonyl (C=O) groups excluding carboxylic acids is 2. The van der Waals surface area contributed by atoms with E-state index in [1.54, 1.807) is 49.0 Å². The van der Waals surface area contributed by atoms with Gasteiger partial charge in [0.15, 0.2) is 11.5 Å². The molecule has 0 radical (unpaired) electrons. The Bertz CT molecular complexity index is 1510. The fraction of sp³-hybridized carbons (Fsp3) is 0.308. The van der Waals surface area contributed by atoms with Gasteiger partial charge in [0.25, 0.3) is 5.91 Å². The molecule has 5 rings (SSSR count). The number of amides is 2. The molecule has 184 valence electrons. The van der Waals surface area contributed by atoms with Crippen molar-refractivity contribution in [2.24, 2.45) is 0 Å². The summed E-state index contributed by atoms with van der Waals surface area (Å²) in [5, 5.41) is 11.0. The molecule has 1 atom stereocenters. The van der Waals surface area contributed by atoms with E-state index < -0.39 is 5.41 Å². The molecule has 2 amide bonds. The van der Waals surface area contributed by atoms with Crippen molar-refractivity contribution >= 4 is 28.7 Å². The zero-order chi connectivity index (χ0) is 25.6. The smallest absolute Gasteiger partial charge is 0.270 e. The highest BCUT2D eigenvalue weighted by Gasteiger charge is 2.44. The number of anilines is 1. The van der Waals surface area contributed by atoms with Gasteiger partial charge in [0.05, 0.1) is 17.3 Å². The molecule has 4 heterocycles. The van der Waals surface area contributed by atoms with Gasteiger partial charge in [-0.15, -0.1) is 0 Å². The van der Waals surface area contributed by atoms with Crippen molar-refractivity contribution in [3.63, 3.8) is 0 Å². The lowest BCUT2D eigenvalue weighted by atomic mass is 9.85. The number of hydrogen-bond donors (Lipinski definition) is 2. The van der Waals surface area contributed by atoms with Crippen LogP contribution in [-0.2, 0) is 16.8 Å². The Hall–Kier alpha value is -4.21. The summed E-state index contributed by atoms with van der Waals surface area (Å²) in [5.41, 5.74) is 0.953. The molecular formula is C26H26FN7O2. The average molecular weight is 488 g/mol. The molecule has 4 aromatic rings. The molecule has 10 heteroatoms. The lowest BCUT2D eigenvalue weighted by Crippen LogP contribution is -2.35. The van der Waals surface area contributed by atoms with Crippen LogP contribution < -0.4 is 10.6 Å². The van der Waals surface area contributed by atoms with Crippen molar-refractivity contribution in [3.05, 3.63) is 65.2 Å². The second kappa shape index (κ2) is 8.78. The second-order valence-electron chi connectivity index (χ2n) is 9.45. The summed E-state index contributed by atoms with van der Waals surface area (Å²) in [4.78, 5) is 39.7. The highest BCUT2D eigenvalue weighted by Crippen LogP contribution is 2.39. The molecule has 3 aromatic heterocycles. The summed E-state index contributed by atoms with van der Waals surface area (Å²) in [5.74, 6) is -0.544. The van der Waals surface area contributed by atoms with Crippen molar-refractivity contribution in [3.8, 4) is 11.5 Å². The summed E-state index contributed by atoms with van der Waals surface area (Å²) < 4.78 is 16.0. The van der Waals surface area contributed by atoms with Gasteiger partial charge >= 0.3 is 0 Å². The zero-order valence-corrected chi connectivity index (χ0v) is 20.5. The molecule has 9 nitrogen and oxygen atoms in total. The van der Waals surface area contributed by atoms with E-state index in [1.807, 2.05) is 19.9 Å². The maximum atomic E-state index is 14.4. The van der Waals surface area contributed by atoms with Gasteiger partial charge in [-0.25, -0.2) is 24.0 Å². The van der Waals surface area contributed by atoms with Crippen molar-refractivity contribution in [2.75, 3.05) is 5.32 Å². The number of halogens is 1. The number of hydrogen-bond acceptors (Lipinski definition) is 6. The molecule has 0 aliphatic carbocycles. The number of carbonyl (C=O) groups is 2. The van der Waals surface area contributed by atoms with Gasteiger partial charge in [0.2, 0.25) is 5.91 Å². The Kier molecular flexibility index (Phi) is 5.74. The van der Waals surface area contributed by atoms with Gasteiger partial charge in [-0.1, -0.05) is 25.1 Å². The number of nitrogens with one attached hydrogen (secondary N) is 2. The molecule has 0 saturated carbocycles. The van der Waals surface area contributed by atoms with Crippen LogP contribution in [0.25, 0.3) is 22.6 Å². The standard InChI is InChI=1S/C26H26FN7O2/c1-5-14(2)29-24(35)20-18-21(32-25(36)26(18,3)4)31-22(30-20)19-16-10-8-12-28-23(16)34(33-19)13-15-9-6-7-11-17(15)27/h6-12,14H,5,13H2,1-4H3,(H,29,35)(H,30,31,32,36)/t14-/m0/s1. The van der Waals surface area contributed by atoms with Crippen LogP contribution in [0.15, 0.2) is 42.6 Å². The van der Waals surface area contributed by atoms with Gasteiger partial charge in [-0.3, -0.25) is 9.59 Å². The van der Waals surface area contributed by atoms with Gasteiger partial charge in [0.1, 0.15) is 23.0 Å². The van der Waals surface area contributed by atoms with E-state index in [4.69, 9.17) is 0 Å². The molecule has 1 aliphatic rings. The molecule has 0 fully saturated rings. The second-order valence-corrected chi connectivity index (χ2v) is 9.45. The Labute approximate surface area is 207 Å². The fourth-order valence-corrected chi connectivity index (χ4v) is 4.26. The van der Waals surface area contributed by atoms with E-state index in [1.165, 1.54) is 6.07 Å². The third kappa shape index (κ3) is 3.88. The molecule has 1 aliphatic heterocycles. The van der Waals surface area contributed by atoms with Crippen LogP contribution in [0.1, 0.15) is 55.7 Å². The molecule has 0 bridgehead atoms. The topological polar surface area (TPSA) is 115 Å². The first-order chi connectivity index (χ1) is 17.2. The van der Waals surface area contributed by atoms with E-state index in [0.29, 0.717) is 27.9 Å². The average Bonchev–Trinajstić information content (AvgIpc) is 3.33. The Morgan fingerprint density at radius 3 is 2.72 bits per heavy atom. The molecule has 0 unspecified atom stereocenters. The molecule has 0 spiro atoms. The number of aromatic nitrogens is 5.